The minimum Gasteiger partial charge on any atom is -0.462 e. The zero-order valence-corrected chi connectivity index (χ0v) is 10.2. The SMILES string of the molecule is CCC1(NCc2ccc(COC)o2)CCC1. The predicted octanol–water partition coefficient (Wildman–Crippen LogP) is 2.85. The van der Waals surface area contributed by atoms with Gasteiger partial charge in [0.05, 0.1) is 6.54 Å². The van der Waals surface area contributed by atoms with Crippen LogP contribution in [0.2, 0.25) is 0 Å². The van der Waals surface area contributed by atoms with Crippen molar-refractivity contribution in [2.24, 2.45) is 0 Å². The second-order valence-corrected chi connectivity index (χ2v) is 4.64. The molecule has 1 fully saturated rings. The van der Waals surface area contributed by atoms with Gasteiger partial charge >= 0.3 is 0 Å². The second kappa shape index (κ2) is 5.02. The van der Waals surface area contributed by atoms with E-state index < -0.39 is 0 Å². The van der Waals surface area contributed by atoms with Gasteiger partial charge in [-0.25, -0.2) is 0 Å². The van der Waals surface area contributed by atoms with Crippen LogP contribution in [0.25, 0.3) is 0 Å². The van der Waals surface area contributed by atoms with Gasteiger partial charge in [-0.15, -0.1) is 0 Å². The van der Waals surface area contributed by atoms with E-state index in [1.807, 2.05) is 12.1 Å². The van der Waals surface area contributed by atoms with E-state index in [0.29, 0.717) is 12.1 Å². The van der Waals surface area contributed by atoms with Crippen molar-refractivity contribution in [2.75, 3.05) is 7.11 Å². The van der Waals surface area contributed by atoms with E-state index >= 15 is 0 Å². The lowest BCUT2D eigenvalue weighted by atomic mass is 9.75. The largest absolute Gasteiger partial charge is 0.462 e. The Bertz CT molecular complexity index is 323. The molecule has 0 atom stereocenters. The van der Waals surface area contributed by atoms with Crippen LogP contribution in [0.3, 0.4) is 0 Å². The van der Waals surface area contributed by atoms with Gasteiger partial charge in [-0.3, -0.25) is 0 Å². The van der Waals surface area contributed by atoms with Crippen LogP contribution in [0.5, 0.6) is 0 Å². The van der Waals surface area contributed by atoms with Crippen LogP contribution >= 0.6 is 0 Å². The Morgan fingerprint density at radius 3 is 2.69 bits per heavy atom. The Kier molecular flexibility index (Phi) is 3.66. The molecule has 1 N–H and O–H groups in total. The Morgan fingerprint density at radius 2 is 2.12 bits per heavy atom. The number of hydrogen-bond donors (Lipinski definition) is 1. The van der Waals surface area contributed by atoms with Crippen molar-refractivity contribution in [3.63, 3.8) is 0 Å². The Morgan fingerprint density at radius 1 is 1.38 bits per heavy atom. The van der Waals surface area contributed by atoms with Crippen molar-refractivity contribution in [3.05, 3.63) is 23.7 Å². The fourth-order valence-electron chi connectivity index (χ4n) is 2.27. The van der Waals surface area contributed by atoms with Crippen molar-refractivity contribution in [2.45, 2.75) is 51.3 Å². The van der Waals surface area contributed by atoms with Gasteiger partial charge in [-0.2, -0.15) is 0 Å². The fourth-order valence-corrected chi connectivity index (χ4v) is 2.27. The summed E-state index contributed by atoms with van der Waals surface area (Å²) in [6, 6.07) is 4.02. The van der Waals surface area contributed by atoms with E-state index in [9.17, 15) is 0 Å². The van der Waals surface area contributed by atoms with Crippen molar-refractivity contribution in [1.82, 2.24) is 5.32 Å². The van der Waals surface area contributed by atoms with Crippen LogP contribution in [0.15, 0.2) is 16.5 Å². The minimum absolute atomic E-state index is 0.383. The monoisotopic (exact) mass is 223 g/mol. The molecule has 0 amide bonds. The highest BCUT2D eigenvalue weighted by Gasteiger charge is 2.34. The molecule has 1 aromatic rings. The lowest BCUT2D eigenvalue weighted by Crippen LogP contribution is -2.49. The van der Waals surface area contributed by atoms with Gasteiger partial charge in [-0.1, -0.05) is 6.92 Å². The molecule has 0 bridgehead atoms. The molecule has 2 rings (SSSR count). The van der Waals surface area contributed by atoms with Gasteiger partial charge in [0.15, 0.2) is 0 Å². The summed E-state index contributed by atoms with van der Waals surface area (Å²) in [5.41, 5.74) is 0.383. The van der Waals surface area contributed by atoms with E-state index in [1.54, 1.807) is 7.11 Å². The summed E-state index contributed by atoms with van der Waals surface area (Å²) >= 11 is 0. The zero-order chi connectivity index (χ0) is 11.4. The first-order chi connectivity index (χ1) is 7.78. The summed E-state index contributed by atoms with van der Waals surface area (Å²) in [5, 5.41) is 3.62. The molecule has 3 heteroatoms. The van der Waals surface area contributed by atoms with Gasteiger partial charge < -0.3 is 14.5 Å². The summed E-state index contributed by atoms with van der Waals surface area (Å²) in [7, 11) is 1.68. The summed E-state index contributed by atoms with van der Waals surface area (Å²) < 4.78 is 10.7. The number of furan rings is 1. The molecule has 1 aliphatic carbocycles. The zero-order valence-electron chi connectivity index (χ0n) is 10.2. The molecule has 16 heavy (non-hydrogen) atoms. The van der Waals surface area contributed by atoms with Crippen molar-refractivity contribution in [3.8, 4) is 0 Å². The van der Waals surface area contributed by atoms with E-state index in [0.717, 1.165) is 18.1 Å². The van der Waals surface area contributed by atoms with Crippen LogP contribution in [0.1, 0.15) is 44.1 Å². The highest BCUT2D eigenvalue weighted by molar-refractivity contribution is 5.07. The van der Waals surface area contributed by atoms with Crippen LogP contribution in [-0.4, -0.2) is 12.6 Å². The van der Waals surface area contributed by atoms with Gasteiger partial charge in [0.2, 0.25) is 0 Å². The predicted molar refractivity (Wildman–Crippen MR) is 63.1 cm³/mol. The summed E-state index contributed by atoms with van der Waals surface area (Å²) in [5.74, 6) is 1.91. The normalized spacial score (nSPS) is 18.4. The quantitative estimate of drug-likeness (QED) is 0.805. The van der Waals surface area contributed by atoms with Crippen LogP contribution < -0.4 is 5.32 Å². The number of methoxy groups -OCH3 is 1. The maximum absolute atomic E-state index is 5.65. The number of nitrogens with one attached hydrogen (secondary N) is 1. The first kappa shape index (κ1) is 11.7. The summed E-state index contributed by atoms with van der Waals surface area (Å²) in [6.07, 6.45) is 5.16. The van der Waals surface area contributed by atoms with Gasteiger partial charge in [0, 0.05) is 12.6 Å². The van der Waals surface area contributed by atoms with Gasteiger partial charge in [0.25, 0.3) is 0 Å². The highest BCUT2D eigenvalue weighted by atomic mass is 16.5. The Labute approximate surface area is 97.2 Å². The molecule has 0 unspecified atom stereocenters. The van der Waals surface area contributed by atoms with Crippen LogP contribution in [-0.2, 0) is 17.9 Å². The molecule has 0 saturated heterocycles. The third kappa shape index (κ3) is 2.47. The molecule has 1 aliphatic rings. The maximum Gasteiger partial charge on any atom is 0.129 e. The third-order valence-corrected chi connectivity index (χ3v) is 3.63. The van der Waals surface area contributed by atoms with Crippen molar-refractivity contribution < 1.29 is 9.15 Å². The van der Waals surface area contributed by atoms with Crippen LogP contribution in [0.4, 0.5) is 0 Å². The molecular formula is C13H21NO2. The van der Waals surface area contributed by atoms with Crippen molar-refractivity contribution >= 4 is 0 Å². The minimum atomic E-state index is 0.383. The first-order valence-electron chi connectivity index (χ1n) is 6.09. The lowest BCUT2D eigenvalue weighted by molar-refractivity contribution is 0.155. The first-order valence-corrected chi connectivity index (χ1v) is 6.09. The summed E-state index contributed by atoms with van der Waals surface area (Å²) in [4.78, 5) is 0. The van der Waals surface area contributed by atoms with E-state index in [2.05, 4.69) is 12.2 Å². The van der Waals surface area contributed by atoms with Gasteiger partial charge in [-0.05, 0) is 37.8 Å². The number of ether oxygens (including phenoxy) is 1. The molecule has 1 saturated carbocycles. The van der Waals surface area contributed by atoms with E-state index in [1.165, 1.54) is 25.7 Å². The smallest absolute Gasteiger partial charge is 0.129 e. The number of hydrogen-bond acceptors (Lipinski definition) is 3. The standard InChI is InChI=1S/C13H21NO2/c1-3-13(7-4-8-13)14-9-11-5-6-12(16-11)10-15-2/h5-6,14H,3-4,7-10H2,1-2H3. The molecule has 0 spiro atoms. The Balaban J connectivity index is 1.84. The molecule has 3 nitrogen and oxygen atoms in total. The topological polar surface area (TPSA) is 34.4 Å². The lowest BCUT2D eigenvalue weighted by Gasteiger charge is -2.42. The molecule has 1 heterocycles. The third-order valence-electron chi connectivity index (χ3n) is 3.63. The molecule has 1 aromatic heterocycles. The second-order valence-electron chi connectivity index (χ2n) is 4.64. The highest BCUT2D eigenvalue weighted by Crippen LogP contribution is 2.34. The molecular weight excluding hydrogens is 202 g/mol. The number of rotatable bonds is 6. The van der Waals surface area contributed by atoms with Crippen LogP contribution in [0, 0.1) is 0 Å². The molecule has 0 aliphatic heterocycles. The maximum atomic E-state index is 5.65. The Hall–Kier alpha value is -0.800. The molecule has 0 radical (unpaired) electrons. The molecule has 90 valence electrons. The van der Waals surface area contributed by atoms with Crippen molar-refractivity contribution in [1.29, 1.82) is 0 Å². The van der Waals surface area contributed by atoms with E-state index in [4.69, 9.17) is 9.15 Å². The fraction of sp³-hybridized carbons (Fsp3) is 0.692. The molecule has 0 aromatic carbocycles. The average Bonchev–Trinajstić information content (AvgIpc) is 2.66. The van der Waals surface area contributed by atoms with Gasteiger partial charge in [0.1, 0.15) is 18.1 Å². The van der Waals surface area contributed by atoms with E-state index in [-0.39, 0.29) is 0 Å². The average molecular weight is 223 g/mol. The summed E-state index contributed by atoms with van der Waals surface area (Å²) in [6.45, 7) is 3.64.